The van der Waals surface area contributed by atoms with Crippen LogP contribution in [0.4, 0.5) is 0 Å². The van der Waals surface area contributed by atoms with Crippen molar-refractivity contribution in [3.8, 4) is 0 Å². The van der Waals surface area contributed by atoms with Crippen molar-refractivity contribution in [2.24, 2.45) is 0 Å². The van der Waals surface area contributed by atoms with Crippen LogP contribution in [-0.4, -0.2) is 0 Å². The van der Waals surface area contributed by atoms with Gasteiger partial charge in [0.05, 0.1) is 0 Å². The topological polar surface area (TPSA) is 0 Å². The lowest BCUT2D eigenvalue weighted by molar-refractivity contribution is 1.13. The van der Waals surface area contributed by atoms with Gasteiger partial charge in [-0.15, -0.1) is 0 Å². The Balaban J connectivity index is 2.29. The summed E-state index contributed by atoms with van der Waals surface area (Å²) in [4.78, 5) is 0. The molecule has 0 heteroatoms. The maximum atomic E-state index is 3.99. The van der Waals surface area contributed by atoms with Gasteiger partial charge in [-0.05, 0) is 46.5 Å². The maximum absolute atomic E-state index is 3.99. The molecule has 0 radical (unpaired) electrons. The van der Waals surface area contributed by atoms with Crippen molar-refractivity contribution in [3.63, 3.8) is 0 Å². The summed E-state index contributed by atoms with van der Waals surface area (Å²) in [5.41, 5.74) is 5.51. The molecule has 0 unspecified atom stereocenters. The summed E-state index contributed by atoms with van der Waals surface area (Å²) in [6.07, 6.45) is 3.30. The van der Waals surface area contributed by atoms with Crippen LogP contribution in [0, 0.1) is 6.92 Å². The number of fused-ring (bicyclic) bond motifs is 2. The van der Waals surface area contributed by atoms with Crippen LogP contribution >= 0.6 is 0 Å². The smallest absolute Gasteiger partial charge is 0.00136 e. The van der Waals surface area contributed by atoms with Crippen LogP contribution in [0.5, 0.6) is 0 Å². The fourth-order valence-electron chi connectivity index (χ4n) is 2.35. The number of hydrogen-bond donors (Lipinski definition) is 0. The van der Waals surface area contributed by atoms with Gasteiger partial charge in [-0.1, -0.05) is 48.5 Å². The molecule has 0 saturated heterocycles. The second-order valence-electron chi connectivity index (χ2n) is 4.56. The quantitative estimate of drug-likeness (QED) is 0.528. The zero-order valence-corrected chi connectivity index (χ0v) is 9.46. The Labute approximate surface area is 95.6 Å². The van der Waals surface area contributed by atoms with Gasteiger partial charge in [0, 0.05) is 0 Å². The van der Waals surface area contributed by atoms with Gasteiger partial charge in [0.25, 0.3) is 0 Å². The summed E-state index contributed by atoms with van der Waals surface area (Å²) >= 11 is 0. The number of benzene rings is 2. The summed E-state index contributed by atoms with van der Waals surface area (Å²) in [5.74, 6) is 0. The molecule has 0 fully saturated rings. The van der Waals surface area contributed by atoms with E-state index in [-0.39, 0.29) is 0 Å². The molecule has 0 amide bonds. The molecule has 0 nitrogen and oxygen atoms in total. The van der Waals surface area contributed by atoms with E-state index >= 15 is 0 Å². The first-order valence-corrected chi connectivity index (χ1v) is 5.61. The lowest BCUT2D eigenvalue weighted by Crippen LogP contribution is -2.18. The average Bonchev–Trinajstić information content (AvgIpc) is 2.26. The van der Waals surface area contributed by atoms with Crippen LogP contribution in [0.15, 0.2) is 36.4 Å². The van der Waals surface area contributed by atoms with Crippen molar-refractivity contribution < 1.29 is 0 Å². The molecule has 0 heterocycles. The predicted molar refractivity (Wildman–Crippen MR) is 68.8 cm³/mol. The Kier molecular flexibility index (Phi) is 1.97. The Morgan fingerprint density at radius 3 is 2.75 bits per heavy atom. The molecular weight excluding hydrogens is 192 g/mol. The van der Waals surface area contributed by atoms with Crippen molar-refractivity contribution in [2.45, 2.75) is 13.3 Å². The standard InChI is InChI=1S/C16H14/c1-11-3-5-13-9-14-6-4-12(2)8-16(14)10-15(13)7-11/h3-9H,1,10H2,2H3. The van der Waals surface area contributed by atoms with E-state index in [1.807, 2.05) is 0 Å². The number of hydrogen-bond acceptors (Lipinski definition) is 0. The third-order valence-corrected chi connectivity index (χ3v) is 3.20. The van der Waals surface area contributed by atoms with Gasteiger partial charge in [0.1, 0.15) is 0 Å². The average molecular weight is 206 g/mol. The van der Waals surface area contributed by atoms with Gasteiger partial charge in [-0.2, -0.15) is 0 Å². The third kappa shape index (κ3) is 1.47. The van der Waals surface area contributed by atoms with Crippen LogP contribution in [-0.2, 0) is 6.42 Å². The van der Waals surface area contributed by atoms with Crippen LogP contribution in [0.1, 0.15) is 22.3 Å². The predicted octanol–water partition coefficient (Wildman–Crippen LogP) is 2.14. The SMILES string of the molecule is C=c1ccc2c(c1)Cc1cc(C)ccc1C=2. The van der Waals surface area contributed by atoms with E-state index in [1.165, 1.54) is 27.5 Å². The monoisotopic (exact) mass is 206 g/mol. The zero-order chi connectivity index (χ0) is 11.1. The molecule has 0 saturated carbocycles. The van der Waals surface area contributed by atoms with Gasteiger partial charge in [0.15, 0.2) is 0 Å². The first-order valence-electron chi connectivity index (χ1n) is 5.61. The molecule has 0 N–H and O–H groups in total. The molecule has 0 bridgehead atoms. The minimum Gasteiger partial charge on any atom is -0.0918 e. The number of aryl methyl sites for hydroxylation is 1. The fourth-order valence-corrected chi connectivity index (χ4v) is 2.35. The van der Waals surface area contributed by atoms with E-state index in [9.17, 15) is 0 Å². The van der Waals surface area contributed by atoms with Gasteiger partial charge in [-0.3, -0.25) is 0 Å². The summed E-state index contributed by atoms with van der Waals surface area (Å²) in [7, 11) is 0. The largest absolute Gasteiger partial charge is 0.0918 e. The van der Waals surface area contributed by atoms with E-state index in [1.54, 1.807) is 0 Å². The normalized spacial score (nSPS) is 12.6. The Hall–Kier alpha value is -1.82. The van der Waals surface area contributed by atoms with Crippen molar-refractivity contribution >= 4 is 12.7 Å². The summed E-state index contributed by atoms with van der Waals surface area (Å²) in [6, 6.07) is 13.1. The van der Waals surface area contributed by atoms with Crippen LogP contribution < -0.4 is 10.4 Å². The summed E-state index contributed by atoms with van der Waals surface area (Å²) < 4.78 is 0. The first kappa shape index (κ1) is 9.41. The van der Waals surface area contributed by atoms with E-state index in [0.29, 0.717) is 0 Å². The number of rotatable bonds is 0. The molecule has 78 valence electrons. The third-order valence-electron chi connectivity index (χ3n) is 3.20. The van der Waals surface area contributed by atoms with Crippen LogP contribution in [0.25, 0.3) is 12.7 Å². The molecular formula is C16H14. The lowest BCUT2D eigenvalue weighted by atomic mass is 9.91. The molecule has 1 aliphatic rings. The maximum Gasteiger partial charge on any atom is -0.00136 e. The highest BCUT2D eigenvalue weighted by Gasteiger charge is 2.08. The molecule has 2 aromatic rings. The molecule has 2 aromatic carbocycles. The molecule has 3 rings (SSSR count). The van der Waals surface area contributed by atoms with E-state index in [4.69, 9.17) is 0 Å². The van der Waals surface area contributed by atoms with Gasteiger partial charge in [0.2, 0.25) is 0 Å². The molecule has 1 aliphatic carbocycles. The fraction of sp³-hybridized carbons (Fsp3) is 0.125. The zero-order valence-electron chi connectivity index (χ0n) is 9.46. The lowest BCUT2D eigenvalue weighted by Gasteiger charge is -2.14. The Bertz CT molecular complexity index is 663. The minimum atomic E-state index is 1.03. The van der Waals surface area contributed by atoms with Crippen molar-refractivity contribution in [2.75, 3.05) is 0 Å². The van der Waals surface area contributed by atoms with Crippen LogP contribution in [0.2, 0.25) is 0 Å². The molecule has 16 heavy (non-hydrogen) atoms. The molecule has 0 atom stereocenters. The molecule has 0 aromatic heterocycles. The van der Waals surface area contributed by atoms with Crippen LogP contribution in [0.3, 0.4) is 0 Å². The van der Waals surface area contributed by atoms with Gasteiger partial charge >= 0.3 is 0 Å². The molecule has 0 aliphatic heterocycles. The Morgan fingerprint density at radius 2 is 1.88 bits per heavy atom. The van der Waals surface area contributed by atoms with Crippen molar-refractivity contribution in [1.29, 1.82) is 0 Å². The van der Waals surface area contributed by atoms with E-state index in [0.717, 1.165) is 11.6 Å². The van der Waals surface area contributed by atoms with E-state index < -0.39 is 0 Å². The first-order chi connectivity index (χ1) is 7.72. The summed E-state index contributed by atoms with van der Waals surface area (Å²) in [6.45, 7) is 6.13. The highest BCUT2D eigenvalue weighted by molar-refractivity contribution is 5.60. The molecule has 0 spiro atoms. The highest BCUT2D eigenvalue weighted by atomic mass is 14.1. The van der Waals surface area contributed by atoms with Crippen molar-refractivity contribution in [3.05, 3.63) is 69.1 Å². The Morgan fingerprint density at radius 1 is 1.00 bits per heavy atom. The van der Waals surface area contributed by atoms with Crippen molar-refractivity contribution in [1.82, 2.24) is 0 Å². The van der Waals surface area contributed by atoms with Gasteiger partial charge in [-0.25, -0.2) is 0 Å². The minimum absolute atomic E-state index is 1.03. The second-order valence-corrected chi connectivity index (χ2v) is 4.56. The highest BCUT2D eigenvalue weighted by Crippen LogP contribution is 2.18. The summed E-state index contributed by atoms with van der Waals surface area (Å²) in [5, 5.41) is 2.44. The second kappa shape index (κ2) is 3.34. The van der Waals surface area contributed by atoms with E-state index in [2.05, 4.69) is 56.0 Å². The van der Waals surface area contributed by atoms with Gasteiger partial charge < -0.3 is 0 Å².